The van der Waals surface area contributed by atoms with E-state index in [2.05, 4.69) is 47.8 Å². The minimum atomic E-state index is 0.457. The van der Waals surface area contributed by atoms with E-state index in [0.717, 1.165) is 21.6 Å². The van der Waals surface area contributed by atoms with Crippen molar-refractivity contribution in [2.24, 2.45) is 0 Å². The van der Waals surface area contributed by atoms with Crippen LogP contribution in [0.25, 0.3) is 32.0 Å². The van der Waals surface area contributed by atoms with E-state index in [4.69, 9.17) is 6.57 Å². The number of nitrogens with zero attached hydrogens (tertiary/aromatic N) is 4. The maximum atomic E-state index is 7.22. The van der Waals surface area contributed by atoms with Crippen molar-refractivity contribution >= 4 is 26.7 Å². The molecule has 0 bridgehead atoms. The Morgan fingerprint density at radius 3 is 2.56 bits per heavy atom. The van der Waals surface area contributed by atoms with E-state index in [1.54, 1.807) is 0 Å². The van der Waals surface area contributed by atoms with Crippen molar-refractivity contribution in [3.8, 4) is 16.9 Å². The van der Waals surface area contributed by atoms with Gasteiger partial charge in [-0.1, -0.05) is 30.3 Å². The van der Waals surface area contributed by atoms with Gasteiger partial charge in [-0.25, -0.2) is 4.68 Å². The predicted molar refractivity (Wildman–Crippen MR) is 103 cm³/mol. The first kappa shape index (κ1) is 15.6. The average molecular weight is 344 g/mol. The van der Waals surface area contributed by atoms with Crippen molar-refractivity contribution in [1.82, 2.24) is 14.8 Å². The summed E-state index contributed by atoms with van der Waals surface area (Å²) in [6.45, 7) is 13.6. The number of hydrogen-bond donors (Lipinski definition) is 0. The lowest BCUT2D eigenvalue weighted by atomic mass is 9.97. The van der Waals surface area contributed by atoms with Gasteiger partial charge in [0.25, 0.3) is 0 Å². The van der Waals surface area contributed by atoms with Gasteiger partial charge in [0.05, 0.1) is 16.6 Å². The lowest BCUT2D eigenvalue weighted by Gasteiger charge is -2.13. The van der Waals surface area contributed by atoms with Gasteiger partial charge in [0.1, 0.15) is 5.69 Å². The predicted octanol–water partition coefficient (Wildman–Crippen LogP) is 5.63. The second kappa shape index (κ2) is 5.83. The molecule has 0 atom stereocenters. The minimum Gasteiger partial charge on any atom is -0.351 e. The smallest absolute Gasteiger partial charge is 0.330 e. The molecule has 0 saturated heterocycles. The van der Waals surface area contributed by atoms with Crippen LogP contribution in [0.5, 0.6) is 0 Å². The Kier molecular flexibility index (Phi) is 3.63. The van der Waals surface area contributed by atoms with Crippen molar-refractivity contribution in [1.29, 1.82) is 0 Å². The van der Waals surface area contributed by atoms with E-state index in [1.807, 2.05) is 35.1 Å². The first-order chi connectivity index (χ1) is 12.1. The number of rotatable bonds is 2. The highest BCUT2D eigenvalue weighted by Gasteiger charge is 2.18. The fourth-order valence-corrected chi connectivity index (χ4v) is 4.18. The summed E-state index contributed by atoms with van der Waals surface area (Å²) in [6.07, 6.45) is 1.81. The van der Waals surface area contributed by atoms with Crippen molar-refractivity contribution in [2.45, 2.75) is 20.8 Å². The Balaban J connectivity index is 1.98. The lowest BCUT2D eigenvalue weighted by molar-refractivity contribution is 0.891. The van der Waals surface area contributed by atoms with Gasteiger partial charge in [0, 0.05) is 5.56 Å². The SMILES string of the molecule is [C-]#[N+]c1nc2c(-n3nccc3-c3c(C)cc(C)cc3C)cccc2s1. The van der Waals surface area contributed by atoms with Crippen molar-refractivity contribution in [3.63, 3.8) is 0 Å². The van der Waals surface area contributed by atoms with Crippen LogP contribution >= 0.6 is 11.3 Å². The summed E-state index contributed by atoms with van der Waals surface area (Å²) in [5.41, 5.74) is 7.68. The Hall–Kier alpha value is -2.97. The van der Waals surface area contributed by atoms with Gasteiger partial charge in [-0.2, -0.15) is 5.10 Å². The molecule has 2 heterocycles. The second-order valence-corrected chi connectivity index (χ2v) is 7.14. The summed E-state index contributed by atoms with van der Waals surface area (Å²) >= 11 is 1.41. The van der Waals surface area contributed by atoms with Gasteiger partial charge < -0.3 is 4.85 Å². The first-order valence-electron chi connectivity index (χ1n) is 7.98. The molecule has 4 nitrogen and oxygen atoms in total. The molecule has 122 valence electrons. The molecule has 0 unspecified atom stereocenters. The topological polar surface area (TPSA) is 35.1 Å². The fraction of sp³-hybridized carbons (Fsp3) is 0.150. The van der Waals surface area contributed by atoms with Gasteiger partial charge in [0.15, 0.2) is 5.52 Å². The summed E-state index contributed by atoms with van der Waals surface area (Å²) < 4.78 is 2.93. The summed E-state index contributed by atoms with van der Waals surface area (Å²) in [7, 11) is 0. The Morgan fingerprint density at radius 2 is 1.84 bits per heavy atom. The monoisotopic (exact) mass is 344 g/mol. The van der Waals surface area contributed by atoms with Crippen molar-refractivity contribution in [3.05, 3.63) is 70.7 Å². The van der Waals surface area contributed by atoms with Crippen molar-refractivity contribution in [2.75, 3.05) is 0 Å². The van der Waals surface area contributed by atoms with E-state index < -0.39 is 0 Å². The van der Waals surface area contributed by atoms with Crippen LogP contribution in [0.4, 0.5) is 5.13 Å². The molecular formula is C20H16N4S. The van der Waals surface area contributed by atoms with Crippen LogP contribution in [0.1, 0.15) is 16.7 Å². The number of aryl methyl sites for hydroxylation is 3. The molecule has 0 spiro atoms. The van der Waals surface area contributed by atoms with Crippen LogP contribution in [0.2, 0.25) is 0 Å². The molecule has 0 N–H and O–H groups in total. The zero-order valence-corrected chi connectivity index (χ0v) is 15.1. The van der Waals surface area contributed by atoms with E-state index in [0.29, 0.717) is 5.13 Å². The largest absolute Gasteiger partial charge is 0.351 e. The van der Waals surface area contributed by atoms with Gasteiger partial charge in [-0.05, 0) is 50.1 Å². The molecule has 2 aromatic carbocycles. The molecular weight excluding hydrogens is 328 g/mol. The summed E-state index contributed by atoms with van der Waals surface area (Å²) in [4.78, 5) is 7.96. The molecule has 0 aliphatic rings. The summed E-state index contributed by atoms with van der Waals surface area (Å²) in [5.74, 6) is 0. The lowest BCUT2D eigenvalue weighted by Crippen LogP contribution is -2.02. The molecule has 4 rings (SSSR count). The highest BCUT2D eigenvalue weighted by atomic mass is 32.1. The van der Waals surface area contributed by atoms with E-state index in [9.17, 15) is 0 Å². The van der Waals surface area contributed by atoms with E-state index in [1.165, 1.54) is 33.6 Å². The Labute approximate surface area is 150 Å². The summed E-state index contributed by atoms with van der Waals surface area (Å²) in [5, 5.41) is 5.01. The van der Waals surface area contributed by atoms with Gasteiger partial charge in [-0.15, -0.1) is 16.3 Å². The van der Waals surface area contributed by atoms with E-state index in [-0.39, 0.29) is 0 Å². The second-order valence-electron chi connectivity index (χ2n) is 6.13. The first-order valence-corrected chi connectivity index (χ1v) is 8.80. The molecule has 0 amide bonds. The molecule has 0 aliphatic carbocycles. The van der Waals surface area contributed by atoms with Gasteiger partial charge in [-0.3, -0.25) is 0 Å². The van der Waals surface area contributed by atoms with Crippen LogP contribution in [-0.4, -0.2) is 14.8 Å². The zero-order chi connectivity index (χ0) is 17.6. The summed E-state index contributed by atoms with van der Waals surface area (Å²) in [6, 6.07) is 12.4. The maximum Gasteiger partial charge on any atom is 0.330 e. The number of aromatic nitrogens is 3. The molecule has 0 aliphatic heterocycles. The molecule has 0 saturated carbocycles. The third-order valence-corrected chi connectivity index (χ3v) is 5.20. The normalized spacial score (nSPS) is 11.0. The quantitative estimate of drug-likeness (QED) is 0.442. The van der Waals surface area contributed by atoms with Gasteiger partial charge in [0.2, 0.25) is 0 Å². The number of fused-ring (bicyclic) bond motifs is 1. The fourth-order valence-electron chi connectivity index (χ4n) is 3.41. The van der Waals surface area contributed by atoms with Crippen LogP contribution < -0.4 is 0 Å². The molecule has 5 heteroatoms. The Bertz CT molecular complexity index is 1120. The highest BCUT2D eigenvalue weighted by molar-refractivity contribution is 7.22. The Morgan fingerprint density at radius 1 is 1.08 bits per heavy atom. The third kappa shape index (κ3) is 2.51. The van der Waals surface area contributed by atoms with E-state index >= 15 is 0 Å². The minimum absolute atomic E-state index is 0.457. The molecule has 4 aromatic rings. The van der Waals surface area contributed by atoms with Crippen LogP contribution in [0, 0.1) is 27.3 Å². The average Bonchev–Trinajstić information content (AvgIpc) is 3.19. The zero-order valence-electron chi connectivity index (χ0n) is 14.2. The number of benzene rings is 2. The van der Waals surface area contributed by atoms with Crippen LogP contribution in [0.3, 0.4) is 0 Å². The molecule has 0 fully saturated rings. The standard InChI is InChI=1S/C20H16N4S/c1-12-10-13(2)18(14(3)11-12)15-8-9-22-24(15)16-6-5-7-17-19(16)23-20(21-4)25-17/h5-11H,1-3H3. The highest BCUT2D eigenvalue weighted by Crippen LogP contribution is 2.35. The maximum absolute atomic E-state index is 7.22. The van der Waals surface area contributed by atoms with Crippen molar-refractivity contribution < 1.29 is 0 Å². The third-order valence-electron chi connectivity index (χ3n) is 4.29. The number of para-hydroxylation sites is 1. The number of thiazole rings is 1. The van der Waals surface area contributed by atoms with Gasteiger partial charge >= 0.3 is 5.13 Å². The molecule has 2 aromatic heterocycles. The molecule has 0 radical (unpaired) electrons. The van der Waals surface area contributed by atoms with Crippen LogP contribution in [-0.2, 0) is 0 Å². The van der Waals surface area contributed by atoms with Crippen LogP contribution in [0.15, 0.2) is 42.6 Å². The number of hydrogen-bond acceptors (Lipinski definition) is 3. The molecule has 25 heavy (non-hydrogen) atoms.